The van der Waals surface area contributed by atoms with Crippen molar-refractivity contribution in [1.82, 2.24) is 4.90 Å². The summed E-state index contributed by atoms with van der Waals surface area (Å²) in [4.78, 5) is 14.4. The lowest BCUT2D eigenvalue weighted by Gasteiger charge is -2.22. The Labute approximate surface area is 155 Å². The lowest BCUT2D eigenvalue weighted by atomic mass is 10.1. The molecule has 2 aromatic rings. The first-order valence-corrected chi connectivity index (χ1v) is 10.4. The largest absolute Gasteiger partial charge is 0.337 e. The summed E-state index contributed by atoms with van der Waals surface area (Å²) in [5, 5.41) is 0. The molecule has 0 aromatic heterocycles. The quantitative estimate of drug-likeness (QED) is 0.829. The number of carbonyl (C=O) groups is 1. The number of nitrogens with zero attached hydrogens (tertiary/aromatic N) is 2. The maximum atomic E-state index is 12.8. The van der Waals surface area contributed by atoms with Crippen LogP contribution < -0.4 is 4.31 Å². The number of hydrogen-bond acceptors (Lipinski definition) is 3. The van der Waals surface area contributed by atoms with Gasteiger partial charge >= 0.3 is 0 Å². The average Bonchev–Trinajstić information content (AvgIpc) is 2.91. The molecule has 0 bridgehead atoms. The standard InChI is InChI=1S/C20H24N2O3S/c1-14-5-7-16(8-6-14)13-21(3)20(23)17-9-10-19-18(12-17)11-15(2)22(19)26(4,24)25/h5-10,12,15H,11,13H2,1-4H3/t15-/m1/s1. The molecule has 0 radical (unpaired) electrons. The number of aryl methyl sites for hydroxylation is 1. The van der Waals surface area contributed by atoms with E-state index in [9.17, 15) is 13.2 Å². The van der Waals surface area contributed by atoms with Crippen molar-refractivity contribution in [3.8, 4) is 0 Å². The minimum Gasteiger partial charge on any atom is -0.337 e. The Kier molecular flexibility index (Phi) is 4.80. The van der Waals surface area contributed by atoms with E-state index in [1.807, 2.05) is 44.2 Å². The number of benzene rings is 2. The number of carbonyl (C=O) groups excluding carboxylic acids is 1. The van der Waals surface area contributed by atoms with Gasteiger partial charge in [0, 0.05) is 25.2 Å². The van der Waals surface area contributed by atoms with Crippen molar-refractivity contribution in [1.29, 1.82) is 0 Å². The molecule has 1 heterocycles. The molecule has 1 amide bonds. The van der Waals surface area contributed by atoms with Gasteiger partial charge in [-0.1, -0.05) is 29.8 Å². The zero-order valence-electron chi connectivity index (χ0n) is 15.6. The van der Waals surface area contributed by atoms with Gasteiger partial charge in [0.05, 0.1) is 11.9 Å². The topological polar surface area (TPSA) is 57.7 Å². The molecule has 3 rings (SSSR count). The highest BCUT2D eigenvalue weighted by Crippen LogP contribution is 2.34. The van der Waals surface area contributed by atoms with Crippen LogP contribution in [0.25, 0.3) is 0 Å². The molecule has 0 spiro atoms. The highest BCUT2D eigenvalue weighted by atomic mass is 32.2. The van der Waals surface area contributed by atoms with E-state index in [0.717, 1.165) is 11.1 Å². The lowest BCUT2D eigenvalue weighted by Crippen LogP contribution is -2.34. The number of rotatable bonds is 4. The third kappa shape index (κ3) is 3.60. The SMILES string of the molecule is Cc1ccc(CN(C)C(=O)c2ccc3c(c2)C[C@@H](C)N3S(C)(=O)=O)cc1. The van der Waals surface area contributed by atoms with E-state index in [-0.39, 0.29) is 11.9 Å². The third-order valence-electron chi connectivity index (χ3n) is 4.72. The smallest absolute Gasteiger partial charge is 0.253 e. The maximum Gasteiger partial charge on any atom is 0.253 e. The van der Waals surface area contributed by atoms with E-state index >= 15 is 0 Å². The highest BCUT2D eigenvalue weighted by molar-refractivity contribution is 7.92. The molecular formula is C20H24N2O3S. The van der Waals surface area contributed by atoms with Crippen LogP contribution in [-0.2, 0) is 23.0 Å². The first-order valence-electron chi connectivity index (χ1n) is 8.60. The van der Waals surface area contributed by atoms with Gasteiger partial charge in [0.1, 0.15) is 0 Å². The van der Waals surface area contributed by atoms with Crippen LogP contribution >= 0.6 is 0 Å². The molecule has 1 atom stereocenters. The molecule has 26 heavy (non-hydrogen) atoms. The Bertz CT molecular complexity index is 936. The predicted molar refractivity (Wildman–Crippen MR) is 104 cm³/mol. The molecule has 0 unspecified atom stereocenters. The molecular weight excluding hydrogens is 348 g/mol. The van der Waals surface area contributed by atoms with Crippen LogP contribution in [0, 0.1) is 6.92 Å². The minimum absolute atomic E-state index is 0.0705. The molecule has 0 saturated carbocycles. The molecule has 0 fully saturated rings. The van der Waals surface area contributed by atoms with Crippen LogP contribution in [0.1, 0.15) is 34.0 Å². The van der Waals surface area contributed by atoms with Gasteiger partial charge in [-0.15, -0.1) is 0 Å². The monoisotopic (exact) mass is 372 g/mol. The number of sulfonamides is 1. The second-order valence-electron chi connectivity index (χ2n) is 7.10. The Morgan fingerprint density at radius 3 is 2.46 bits per heavy atom. The Morgan fingerprint density at radius 2 is 1.85 bits per heavy atom. The van der Waals surface area contributed by atoms with Crippen LogP contribution in [0.5, 0.6) is 0 Å². The molecule has 0 aliphatic carbocycles. The van der Waals surface area contributed by atoms with E-state index in [2.05, 4.69) is 0 Å². The van der Waals surface area contributed by atoms with Gasteiger partial charge in [-0.3, -0.25) is 9.10 Å². The summed E-state index contributed by atoms with van der Waals surface area (Å²) in [6, 6.07) is 13.3. The molecule has 0 saturated heterocycles. The third-order valence-corrected chi connectivity index (χ3v) is 6.00. The fourth-order valence-electron chi connectivity index (χ4n) is 3.50. The van der Waals surface area contributed by atoms with Crippen molar-refractivity contribution in [2.45, 2.75) is 32.9 Å². The summed E-state index contributed by atoms with van der Waals surface area (Å²) >= 11 is 0. The van der Waals surface area contributed by atoms with Gasteiger partial charge in [0.15, 0.2) is 0 Å². The Morgan fingerprint density at radius 1 is 1.19 bits per heavy atom. The minimum atomic E-state index is -3.32. The number of fused-ring (bicyclic) bond motifs is 1. The van der Waals surface area contributed by atoms with E-state index in [1.54, 1.807) is 24.1 Å². The van der Waals surface area contributed by atoms with E-state index in [4.69, 9.17) is 0 Å². The van der Waals surface area contributed by atoms with Gasteiger partial charge in [-0.05, 0) is 49.6 Å². The average molecular weight is 372 g/mol. The van der Waals surface area contributed by atoms with Gasteiger partial charge < -0.3 is 4.90 Å². The van der Waals surface area contributed by atoms with Crippen molar-refractivity contribution < 1.29 is 13.2 Å². The van der Waals surface area contributed by atoms with Crippen LogP contribution in [0.15, 0.2) is 42.5 Å². The summed E-state index contributed by atoms with van der Waals surface area (Å²) < 4.78 is 25.5. The number of anilines is 1. The Balaban J connectivity index is 1.81. The maximum absolute atomic E-state index is 12.8. The zero-order chi connectivity index (χ0) is 19.1. The number of hydrogen-bond donors (Lipinski definition) is 0. The van der Waals surface area contributed by atoms with Crippen molar-refractivity contribution in [3.63, 3.8) is 0 Å². The zero-order valence-corrected chi connectivity index (χ0v) is 16.4. The van der Waals surface area contributed by atoms with Crippen molar-refractivity contribution in [2.75, 3.05) is 17.6 Å². The van der Waals surface area contributed by atoms with Crippen LogP contribution in [0.2, 0.25) is 0 Å². The first kappa shape index (κ1) is 18.5. The fraction of sp³-hybridized carbons (Fsp3) is 0.350. The molecule has 0 N–H and O–H groups in total. The summed E-state index contributed by atoms with van der Waals surface area (Å²) in [6.07, 6.45) is 1.83. The Hall–Kier alpha value is -2.34. The summed E-state index contributed by atoms with van der Waals surface area (Å²) in [7, 11) is -1.54. The van der Waals surface area contributed by atoms with Gasteiger partial charge in [-0.25, -0.2) is 8.42 Å². The predicted octanol–water partition coefficient (Wildman–Crippen LogP) is 2.98. The van der Waals surface area contributed by atoms with E-state index < -0.39 is 10.0 Å². The lowest BCUT2D eigenvalue weighted by molar-refractivity contribution is 0.0785. The molecule has 2 aromatic carbocycles. The summed E-state index contributed by atoms with van der Waals surface area (Å²) in [5.74, 6) is -0.0705. The van der Waals surface area contributed by atoms with E-state index in [1.165, 1.54) is 16.1 Å². The second kappa shape index (κ2) is 6.76. The first-order chi connectivity index (χ1) is 12.2. The highest BCUT2D eigenvalue weighted by Gasteiger charge is 2.33. The summed E-state index contributed by atoms with van der Waals surface area (Å²) in [5.41, 5.74) is 4.42. The molecule has 5 nitrogen and oxygen atoms in total. The van der Waals surface area contributed by atoms with Crippen LogP contribution in [-0.4, -0.2) is 38.6 Å². The van der Waals surface area contributed by atoms with Gasteiger partial charge in [0.2, 0.25) is 10.0 Å². The molecule has 1 aliphatic rings. The normalized spacial score (nSPS) is 16.5. The van der Waals surface area contributed by atoms with Crippen LogP contribution in [0.4, 0.5) is 5.69 Å². The second-order valence-corrected chi connectivity index (χ2v) is 8.96. The van der Waals surface area contributed by atoms with E-state index in [0.29, 0.717) is 24.2 Å². The van der Waals surface area contributed by atoms with Crippen molar-refractivity contribution in [2.24, 2.45) is 0 Å². The van der Waals surface area contributed by atoms with Crippen molar-refractivity contribution in [3.05, 3.63) is 64.7 Å². The van der Waals surface area contributed by atoms with Gasteiger partial charge in [0.25, 0.3) is 5.91 Å². The van der Waals surface area contributed by atoms with Crippen molar-refractivity contribution >= 4 is 21.6 Å². The molecule has 138 valence electrons. The summed E-state index contributed by atoms with van der Waals surface area (Å²) in [6.45, 7) is 4.44. The van der Waals surface area contributed by atoms with Crippen LogP contribution in [0.3, 0.4) is 0 Å². The fourth-order valence-corrected chi connectivity index (χ4v) is 4.76. The number of amides is 1. The molecule has 1 aliphatic heterocycles. The molecule has 6 heteroatoms. The van der Waals surface area contributed by atoms with Gasteiger partial charge in [-0.2, -0.15) is 0 Å².